The minimum atomic E-state index is -1.13. The number of aryl methyl sites for hydroxylation is 1. The van der Waals surface area contributed by atoms with E-state index >= 15 is 0 Å². The van der Waals surface area contributed by atoms with Gasteiger partial charge in [0.15, 0.2) is 5.78 Å². The lowest BCUT2D eigenvalue weighted by molar-refractivity contribution is -0.213. The Bertz CT molecular complexity index is 1590. The minimum absolute atomic E-state index is 0. The molecule has 0 aliphatic heterocycles. The lowest BCUT2D eigenvalue weighted by Gasteiger charge is -2.69. The summed E-state index contributed by atoms with van der Waals surface area (Å²) in [6.45, 7) is 33.2. The van der Waals surface area contributed by atoms with Crippen LogP contribution in [0.25, 0.3) is 0 Å². The number of halogens is 1. The molecule has 0 aromatic heterocycles. The van der Waals surface area contributed by atoms with Crippen molar-refractivity contribution in [3.63, 3.8) is 0 Å². The zero-order valence-corrected chi connectivity index (χ0v) is 42.3. The van der Waals surface area contributed by atoms with Crippen molar-refractivity contribution in [2.45, 2.75) is 207 Å². The first-order valence-corrected chi connectivity index (χ1v) is 24.6. The summed E-state index contributed by atoms with van der Waals surface area (Å²) >= 11 is 0. The van der Waals surface area contributed by atoms with Crippen molar-refractivity contribution in [1.29, 1.82) is 0 Å². The first-order valence-electron chi connectivity index (χ1n) is 24.6. The van der Waals surface area contributed by atoms with Crippen LogP contribution in [-0.4, -0.2) is 54.5 Å². The van der Waals surface area contributed by atoms with E-state index in [1.54, 1.807) is 31.6 Å². The molecule has 5 aliphatic rings. The van der Waals surface area contributed by atoms with Gasteiger partial charge in [-0.2, -0.15) is 0 Å². The largest absolute Gasteiger partial charge is 0.481 e. The molecule has 0 heterocycles. The average molecular weight is 870 g/mol. The van der Waals surface area contributed by atoms with Gasteiger partial charge >= 0.3 is 11.9 Å². The molecule has 8 atom stereocenters. The van der Waals surface area contributed by atoms with Gasteiger partial charge in [0, 0.05) is 11.8 Å². The Morgan fingerprint density at radius 1 is 0.855 bits per heavy atom. The molecule has 358 valence electrons. The molecule has 0 amide bonds. The number of hydrogen-bond donors (Lipinski definition) is 1. The maximum atomic E-state index is 13.5. The van der Waals surface area contributed by atoms with Crippen LogP contribution in [0.5, 0.6) is 0 Å². The number of carbonyl (C=O) groups is 3. The molecule has 6 nitrogen and oxygen atoms in total. The molecule has 0 saturated heterocycles. The number of carbonyl (C=O) groups excluding carboxylic acids is 2. The molecule has 1 N–H and O–H groups in total. The van der Waals surface area contributed by atoms with E-state index in [1.165, 1.54) is 68.3 Å². The molecule has 1 aromatic carbocycles. The number of benzene rings is 1. The summed E-state index contributed by atoms with van der Waals surface area (Å²) in [6, 6.07) is 6.57. The van der Waals surface area contributed by atoms with Crippen molar-refractivity contribution >= 4 is 17.7 Å². The van der Waals surface area contributed by atoms with Gasteiger partial charge in [-0.15, -0.1) is 0 Å². The Morgan fingerprint density at radius 3 is 1.92 bits per heavy atom. The van der Waals surface area contributed by atoms with Crippen molar-refractivity contribution in [3.8, 4) is 0 Å². The number of aliphatic carboxylic acids is 1. The third-order valence-electron chi connectivity index (χ3n) is 15.8. The van der Waals surface area contributed by atoms with Crippen LogP contribution >= 0.6 is 0 Å². The Labute approximate surface area is 381 Å². The average Bonchev–Trinajstić information content (AvgIpc) is 3.50. The van der Waals surface area contributed by atoms with Gasteiger partial charge in [0.2, 0.25) is 0 Å². The number of esters is 1. The number of fused-ring (bicyclic) bond motifs is 7. The number of nitrogens with zero attached hydrogens (tertiary/aromatic N) is 1. The highest BCUT2D eigenvalue weighted by molar-refractivity contribution is 6.00. The zero-order valence-electron chi connectivity index (χ0n) is 42.3. The second kappa shape index (κ2) is 24.1. The standard InChI is InChI=1S/C37H58O5.C8H9F.C5H13N.2C2H6.CH4/c1-10-16-37-19-13-24-23(31(37)30(22(2)3)25(38)20-37)11-12-27-35(24,8)17-14-26-34(6,7)28(15-18-36(26,27)9)42-29(39)21-33(4,5)32(40)41;1-2-7-3-5-8(9)6-4-7;1-4-5-6(2)3;2*1-2;/h22-24,26-28H,10-21H2,1-9H3,(H,40,41);3-6H,2H2,1H3;4-5H2,1-3H3;2*1-2H3;1H4/t23?,24?,26-,27?,28?,35?,36?,37?;;;;;/m0...../s1. The molecule has 0 spiro atoms. The van der Waals surface area contributed by atoms with E-state index in [-0.39, 0.29) is 53.4 Å². The topological polar surface area (TPSA) is 83.9 Å². The van der Waals surface area contributed by atoms with Crippen LogP contribution in [0.3, 0.4) is 0 Å². The highest BCUT2D eigenvalue weighted by Gasteiger charge is 2.66. The second-order valence-corrected chi connectivity index (χ2v) is 21.1. The van der Waals surface area contributed by atoms with Crippen LogP contribution in [0.4, 0.5) is 4.39 Å². The Balaban J connectivity index is 0.000000804. The third-order valence-corrected chi connectivity index (χ3v) is 15.8. The second-order valence-electron chi connectivity index (χ2n) is 21.1. The molecule has 0 radical (unpaired) electrons. The summed E-state index contributed by atoms with van der Waals surface area (Å²) in [5, 5.41) is 9.52. The maximum Gasteiger partial charge on any atom is 0.309 e. The number of allylic oxidation sites excluding steroid dienone is 2. The number of carboxylic acids is 1. The highest BCUT2D eigenvalue weighted by Crippen LogP contribution is 2.73. The summed E-state index contributed by atoms with van der Waals surface area (Å²) in [7, 11) is 4.17. The first kappa shape index (κ1) is 57.5. The summed E-state index contributed by atoms with van der Waals surface area (Å²) in [5.74, 6) is 1.53. The van der Waals surface area contributed by atoms with E-state index in [1.807, 2.05) is 34.6 Å². The maximum absolute atomic E-state index is 13.5. The van der Waals surface area contributed by atoms with Gasteiger partial charge < -0.3 is 14.7 Å². The Kier molecular flexibility index (Phi) is 22.4. The van der Waals surface area contributed by atoms with Crippen LogP contribution in [0.15, 0.2) is 35.4 Å². The van der Waals surface area contributed by atoms with E-state index in [2.05, 4.69) is 74.4 Å². The Morgan fingerprint density at radius 2 is 1.44 bits per heavy atom. The summed E-state index contributed by atoms with van der Waals surface area (Å²) in [6.07, 6.45) is 14.1. The summed E-state index contributed by atoms with van der Waals surface area (Å²) in [4.78, 5) is 40.2. The van der Waals surface area contributed by atoms with Gasteiger partial charge in [-0.05, 0) is 174 Å². The van der Waals surface area contributed by atoms with Crippen LogP contribution in [0.2, 0.25) is 0 Å². The first-order chi connectivity index (χ1) is 28.5. The molecular weight excluding hydrogens is 774 g/mol. The van der Waals surface area contributed by atoms with Gasteiger partial charge in [-0.3, -0.25) is 14.4 Å². The lowest BCUT2D eigenvalue weighted by atomic mass is 9.36. The number of ether oxygens (including phenoxy) is 1. The van der Waals surface area contributed by atoms with Crippen molar-refractivity contribution in [1.82, 2.24) is 4.90 Å². The number of Topliss-reactive ketones (excluding diaryl/α,β-unsaturated/α-hetero) is 1. The molecule has 7 unspecified atom stereocenters. The quantitative estimate of drug-likeness (QED) is 0.236. The van der Waals surface area contributed by atoms with E-state index in [0.29, 0.717) is 35.4 Å². The molecular formula is C55H96FNO5. The van der Waals surface area contributed by atoms with Gasteiger partial charge in [0.25, 0.3) is 0 Å². The fraction of sp³-hybridized carbons (Fsp3) is 0.800. The van der Waals surface area contributed by atoms with Gasteiger partial charge in [-0.1, -0.05) is 122 Å². The molecule has 4 saturated carbocycles. The number of carboxylic acid groups (broad SMARTS) is 1. The number of rotatable bonds is 10. The van der Waals surface area contributed by atoms with Crippen LogP contribution in [-0.2, 0) is 25.5 Å². The van der Waals surface area contributed by atoms with Crippen molar-refractivity contribution in [2.75, 3.05) is 20.6 Å². The molecule has 6 rings (SSSR count). The van der Waals surface area contributed by atoms with E-state index < -0.39 is 11.4 Å². The van der Waals surface area contributed by atoms with Crippen LogP contribution in [0.1, 0.15) is 200 Å². The van der Waals surface area contributed by atoms with Crippen LogP contribution < -0.4 is 0 Å². The van der Waals surface area contributed by atoms with Gasteiger partial charge in [-0.25, -0.2) is 4.39 Å². The molecule has 62 heavy (non-hydrogen) atoms. The predicted octanol–water partition coefficient (Wildman–Crippen LogP) is 14.8. The highest BCUT2D eigenvalue weighted by atomic mass is 19.1. The lowest BCUT2D eigenvalue weighted by Crippen LogP contribution is -2.63. The van der Waals surface area contributed by atoms with Crippen molar-refractivity contribution < 1.29 is 28.6 Å². The molecule has 5 aliphatic carbocycles. The fourth-order valence-corrected chi connectivity index (χ4v) is 13.2. The summed E-state index contributed by atoms with van der Waals surface area (Å²) < 4.78 is 18.3. The summed E-state index contributed by atoms with van der Waals surface area (Å²) in [5.41, 5.74) is 3.26. The smallest absolute Gasteiger partial charge is 0.309 e. The van der Waals surface area contributed by atoms with E-state index in [0.717, 1.165) is 44.9 Å². The molecule has 0 bridgehead atoms. The molecule has 4 fully saturated rings. The third kappa shape index (κ3) is 12.4. The SMILES string of the molecule is C.CC.CC.CCCC12CCC3C(CCC4C3(C)CC[C@H]3C(C)(C)C(OC(=O)CC(C)(C)C(=O)O)CCC43C)C1=C(C(C)C)C(=O)C2.CCCN(C)C.CCc1ccc(F)cc1. The van der Waals surface area contributed by atoms with Crippen molar-refractivity contribution in [3.05, 3.63) is 46.8 Å². The minimum Gasteiger partial charge on any atom is -0.481 e. The molecule has 1 aromatic rings. The van der Waals surface area contributed by atoms with Gasteiger partial charge in [0.1, 0.15) is 11.9 Å². The van der Waals surface area contributed by atoms with Crippen LogP contribution in [0, 0.1) is 62.5 Å². The fourth-order valence-electron chi connectivity index (χ4n) is 13.2. The monoisotopic (exact) mass is 870 g/mol. The predicted molar refractivity (Wildman–Crippen MR) is 260 cm³/mol. The van der Waals surface area contributed by atoms with Crippen molar-refractivity contribution in [2.24, 2.45) is 56.7 Å². The zero-order chi connectivity index (χ0) is 46.7. The Hall–Kier alpha value is -2.54. The van der Waals surface area contributed by atoms with Gasteiger partial charge in [0.05, 0.1) is 11.8 Å². The molecule has 7 heteroatoms. The van der Waals surface area contributed by atoms with E-state index in [4.69, 9.17) is 4.74 Å². The number of ketones is 1. The number of hydrogen-bond acceptors (Lipinski definition) is 5. The van der Waals surface area contributed by atoms with E-state index in [9.17, 15) is 23.9 Å². The normalized spacial score (nSPS) is 30.4.